The van der Waals surface area contributed by atoms with Crippen molar-refractivity contribution in [2.45, 2.75) is 77.8 Å². The molecule has 0 aromatic heterocycles. The first-order valence-corrected chi connectivity index (χ1v) is 18.2. The standard InChI is InChI=1S/C14H35NO3Si3/c1-19(2,3)15-13(14(16)18-21(7,8)9)11-10-12-17-20(4,5)6/h13,15H,10-12H2,1-9H3/t13-/m0/s1. The molecule has 0 bridgehead atoms. The van der Waals surface area contributed by atoms with E-state index in [9.17, 15) is 4.79 Å². The summed E-state index contributed by atoms with van der Waals surface area (Å²) in [5.74, 6) is -0.0791. The first-order chi connectivity index (χ1) is 9.20. The molecule has 0 aromatic rings. The molecule has 0 aromatic carbocycles. The van der Waals surface area contributed by atoms with Crippen molar-refractivity contribution in [1.29, 1.82) is 0 Å². The average molecular weight is 350 g/mol. The summed E-state index contributed by atoms with van der Waals surface area (Å²) in [6, 6.07) is -0.186. The number of rotatable bonds is 9. The Bertz CT molecular complexity index is 330. The van der Waals surface area contributed by atoms with Crippen LogP contribution in [0.2, 0.25) is 58.9 Å². The highest BCUT2D eigenvalue weighted by molar-refractivity contribution is 6.74. The van der Waals surface area contributed by atoms with Crippen LogP contribution in [0.15, 0.2) is 0 Å². The van der Waals surface area contributed by atoms with Gasteiger partial charge in [0, 0.05) is 6.61 Å². The normalized spacial score (nSPS) is 14.9. The summed E-state index contributed by atoms with van der Waals surface area (Å²) in [6.07, 6.45) is 1.69. The van der Waals surface area contributed by atoms with Gasteiger partial charge in [-0.05, 0) is 52.1 Å². The Morgan fingerprint density at radius 2 is 1.48 bits per heavy atom. The molecular formula is C14H35NO3Si3. The van der Waals surface area contributed by atoms with Crippen molar-refractivity contribution in [3.8, 4) is 0 Å². The van der Waals surface area contributed by atoms with Gasteiger partial charge in [0.05, 0.1) is 6.04 Å². The zero-order valence-electron chi connectivity index (χ0n) is 15.4. The number of nitrogens with one attached hydrogen (secondary N) is 1. The Kier molecular flexibility index (Phi) is 8.07. The molecule has 0 saturated carbocycles. The minimum atomic E-state index is -1.83. The molecule has 0 rings (SSSR count). The molecule has 7 heteroatoms. The molecular weight excluding hydrogens is 314 g/mol. The second-order valence-electron chi connectivity index (χ2n) is 8.58. The van der Waals surface area contributed by atoms with E-state index in [4.69, 9.17) is 8.85 Å². The molecule has 0 unspecified atom stereocenters. The van der Waals surface area contributed by atoms with Gasteiger partial charge in [-0.3, -0.25) is 4.79 Å². The summed E-state index contributed by atoms with van der Waals surface area (Å²) in [7, 11) is -4.82. The topological polar surface area (TPSA) is 47.6 Å². The fraction of sp³-hybridized carbons (Fsp3) is 0.929. The van der Waals surface area contributed by atoms with Gasteiger partial charge in [0.2, 0.25) is 8.32 Å². The van der Waals surface area contributed by atoms with Crippen LogP contribution in [0, 0.1) is 0 Å². The van der Waals surface area contributed by atoms with Gasteiger partial charge in [-0.15, -0.1) is 0 Å². The summed E-state index contributed by atoms with van der Waals surface area (Å²) in [5, 5.41) is 0. The van der Waals surface area contributed by atoms with Crippen molar-refractivity contribution in [3.05, 3.63) is 0 Å². The lowest BCUT2D eigenvalue weighted by molar-refractivity contribution is -0.137. The Morgan fingerprint density at radius 1 is 0.952 bits per heavy atom. The average Bonchev–Trinajstić information content (AvgIpc) is 2.16. The molecule has 21 heavy (non-hydrogen) atoms. The second-order valence-corrected chi connectivity index (χ2v) is 22.3. The van der Waals surface area contributed by atoms with Crippen molar-refractivity contribution < 1.29 is 13.6 Å². The van der Waals surface area contributed by atoms with E-state index in [1.807, 2.05) is 19.6 Å². The predicted molar refractivity (Wildman–Crippen MR) is 98.2 cm³/mol. The molecule has 0 aliphatic carbocycles. The number of hydrogen-bond donors (Lipinski definition) is 1. The molecule has 0 aliphatic heterocycles. The maximum absolute atomic E-state index is 12.4. The SMILES string of the molecule is C[Si](C)(C)N[C@@H](CCCO[Si](C)(C)C)C(=O)O[Si](C)(C)C. The quantitative estimate of drug-likeness (QED) is 0.508. The van der Waals surface area contributed by atoms with Crippen LogP contribution in [0.3, 0.4) is 0 Å². The van der Waals surface area contributed by atoms with Crippen molar-refractivity contribution >= 4 is 30.8 Å². The van der Waals surface area contributed by atoms with E-state index in [1.165, 1.54) is 0 Å². The van der Waals surface area contributed by atoms with Gasteiger partial charge in [-0.2, -0.15) is 0 Å². The van der Waals surface area contributed by atoms with Crippen molar-refractivity contribution in [2.24, 2.45) is 0 Å². The first-order valence-electron chi connectivity index (χ1n) is 7.84. The molecule has 0 amide bonds. The van der Waals surface area contributed by atoms with Crippen LogP contribution >= 0.6 is 0 Å². The van der Waals surface area contributed by atoms with Crippen LogP contribution in [-0.2, 0) is 13.6 Å². The highest BCUT2D eigenvalue weighted by Gasteiger charge is 2.29. The second kappa shape index (κ2) is 8.05. The molecule has 0 radical (unpaired) electrons. The van der Waals surface area contributed by atoms with Crippen LogP contribution in [0.1, 0.15) is 12.8 Å². The van der Waals surface area contributed by atoms with Crippen LogP contribution in [0.25, 0.3) is 0 Å². The van der Waals surface area contributed by atoms with Gasteiger partial charge in [-0.1, -0.05) is 19.6 Å². The Hall–Kier alpha value is 0.0406. The van der Waals surface area contributed by atoms with Gasteiger partial charge >= 0.3 is 5.97 Å². The van der Waals surface area contributed by atoms with E-state index in [2.05, 4.69) is 44.3 Å². The maximum Gasteiger partial charge on any atom is 0.309 e. The molecule has 0 aliphatic rings. The molecule has 0 heterocycles. The minimum absolute atomic E-state index is 0.0791. The Balaban J connectivity index is 4.50. The molecule has 1 atom stereocenters. The smallest absolute Gasteiger partial charge is 0.309 e. The zero-order chi connectivity index (χ0) is 16.9. The third-order valence-corrected chi connectivity index (χ3v) is 5.57. The third kappa shape index (κ3) is 13.4. The molecule has 0 saturated heterocycles. The van der Waals surface area contributed by atoms with Crippen LogP contribution in [-0.4, -0.2) is 43.5 Å². The lowest BCUT2D eigenvalue weighted by Gasteiger charge is -2.29. The van der Waals surface area contributed by atoms with Crippen LogP contribution < -0.4 is 4.98 Å². The van der Waals surface area contributed by atoms with E-state index in [1.54, 1.807) is 0 Å². The molecule has 1 N–H and O–H groups in total. The van der Waals surface area contributed by atoms with E-state index in [-0.39, 0.29) is 12.0 Å². The molecule has 4 nitrogen and oxygen atoms in total. The summed E-state index contributed by atoms with van der Waals surface area (Å²) in [4.78, 5) is 15.9. The van der Waals surface area contributed by atoms with E-state index < -0.39 is 24.9 Å². The fourth-order valence-corrected chi connectivity index (χ4v) is 4.62. The molecule has 126 valence electrons. The van der Waals surface area contributed by atoms with Gasteiger partial charge in [0.1, 0.15) is 8.24 Å². The maximum atomic E-state index is 12.4. The van der Waals surface area contributed by atoms with Crippen molar-refractivity contribution in [1.82, 2.24) is 4.98 Å². The van der Waals surface area contributed by atoms with Crippen molar-refractivity contribution in [2.75, 3.05) is 6.61 Å². The van der Waals surface area contributed by atoms with Gasteiger partial charge in [0.25, 0.3) is 0 Å². The van der Waals surface area contributed by atoms with E-state index in [0.29, 0.717) is 0 Å². The largest absolute Gasteiger partial charge is 0.519 e. The third-order valence-electron chi connectivity index (χ3n) is 2.47. The number of carbonyl (C=O) groups excluding carboxylic acids is 1. The first kappa shape index (κ1) is 21.0. The summed E-state index contributed by atoms with van der Waals surface area (Å²) in [6.45, 7) is 20.1. The predicted octanol–water partition coefficient (Wildman–Crippen LogP) is 3.79. The van der Waals surface area contributed by atoms with E-state index >= 15 is 0 Å². The lowest BCUT2D eigenvalue weighted by Crippen LogP contribution is -2.53. The van der Waals surface area contributed by atoms with Crippen LogP contribution in [0.4, 0.5) is 0 Å². The minimum Gasteiger partial charge on any atom is -0.519 e. The highest BCUT2D eigenvalue weighted by Crippen LogP contribution is 2.12. The summed E-state index contributed by atoms with van der Waals surface area (Å²) < 4.78 is 11.5. The summed E-state index contributed by atoms with van der Waals surface area (Å²) >= 11 is 0. The van der Waals surface area contributed by atoms with E-state index in [0.717, 1.165) is 19.4 Å². The molecule has 0 spiro atoms. The van der Waals surface area contributed by atoms with Crippen LogP contribution in [0.5, 0.6) is 0 Å². The number of carbonyl (C=O) groups is 1. The van der Waals surface area contributed by atoms with Gasteiger partial charge < -0.3 is 13.8 Å². The Morgan fingerprint density at radius 3 is 1.86 bits per heavy atom. The highest BCUT2D eigenvalue weighted by atomic mass is 28.4. The van der Waals surface area contributed by atoms with Gasteiger partial charge in [0.15, 0.2) is 8.32 Å². The van der Waals surface area contributed by atoms with Gasteiger partial charge in [-0.25, -0.2) is 0 Å². The molecule has 0 fully saturated rings. The summed E-state index contributed by atoms with van der Waals surface area (Å²) in [5.41, 5.74) is 0. The zero-order valence-corrected chi connectivity index (χ0v) is 18.4. The van der Waals surface area contributed by atoms with Crippen molar-refractivity contribution in [3.63, 3.8) is 0 Å². The lowest BCUT2D eigenvalue weighted by atomic mass is 10.2. The fourth-order valence-electron chi connectivity index (χ4n) is 1.81. The Labute approximate surface area is 134 Å². The monoisotopic (exact) mass is 349 g/mol. The number of hydrogen-bond acceptors (Lipinski definition) is 4.